The predicted octanol–water partition coefficient (Wildman–Crippen LogP) is 2.72. The number of methoxy groups -OCH3 is 1. The van der Waals surface area contributed by atoms with Gasteiger partial charge in [0.1, 0.15) is 11.3 Å². The van der Waals surface area contributed by atoms with E-state index in [0.717, 1.165) is 12.8 Å². The smallest absolute Gasteiger partial charge is 0.329 e. The van der Waals surface area contributed by atoms with E-state index in [-0.39, 0.29) is 5.92 Å². The van der Waals surface area contributed by atoms with Gasteiger partial charge < -0.3 is 20.5 Å². The number of ether oxygens (including phenoxy) is 1. The normalized spacial score (nSPS) is 16.7. The van der Waals surface area contributed by atoms with Crippen molar-refractivity contribution in [3.63, 3.8) is 0 Å². The van der Waals surface area contributed by atoms with Gasteiger partial charge in [0.25, 0.3) is 0 Å². The Morgan fingerprint density at radius 3 is 2.62 bits per heavy atom. The molecule has 1 aromatic rings. The zero-order valence-electron chi connectivity index (χ0n) is 11.8. The first kappa shape index (κ1) is 15.4. The van der Waals surface area contributed by atoms with E-state index in [1.807, 2.05) is 0 Å². The summed E-state index contributed by atoms with van der Waals surface area (Å²) in [5, 5.41) is 14.7. The fourth-order valence-corrected chi connectivity index (χ4v) is 2.27. The highest BCUT2D eigenvalue weighted by molar-refractivity contribution is 6.33. The summed E-state index contributed by atoms with van der Waals surface area (Å²) in [5.41, 5.74) is -0.910. The molecule has 7 heteroatoms. The van der Waals surface area contributed by atoms with Gasteiger partial charge in [-0.3, -0.25) is 0 Å². The number of benzene rings is 1. The molecule has 0 bridgehead atoms. The number of carbonyl (C=O) groups excluding carboxylic acids is 1. The average molecular weight is 313 g/mol. The number of aliphatic carboxylic acids is 1. The maximum absolute atomic E-state index is 12.0. The molecule has 0 saturated heterocycles. The summed E-state index contributed by atoms with van der Waals surface area (Å²) >= 11 is 5.99. The third-order valence-corrected chi connectivity index (χ3v) is 3.96. The quantitative estimate of drug-likeness (QED) is 0.780. The lowest BCUT2D eigenvalue weighted by Gasteiger charge is -2.26. The van der Waals surface area contributed by atoms with Crippen LogP contribution in [0.5, 0.6) is 5.75 Å². The zero-order chi connectivity index (χ0) is 15.6. The molecule has 3 N–H and O–H groups in total. The highest BCUT2D eigenvalue weighted by atomic mass is 35.5. The lowest BCUT2D eigenvalue weighted by Crippen LogP contribution is -2.55. The Morgan fingerprint density at radius 1 is 1.43 bits per heavy atom. The molecule has 1 unspecified atom stereocenters. The lowest BCUT2D eigenvalue weighted by atomic mass is 9.96. The van der Waals surface area contributed by atoms with Crippen molar-refractivity contribution in [2.24, 2.45) is 5.92 Å². The first-order valence-electron chi connectivity index (χ1n) is 6.53. The molecule has 2 rings (SSSR count). The standard InChI is InChI=1S/C14H17ClN2O4/c1-14(12(18)19,8-3-4-8)17-13(20)16-11-7-9(21-2)5-6-10(11)15/h5-8H,3-4H2,1-2H3,(H,18,19)(H2,16,17,20). The molecule has 0 heterocycles. The molecule has 21 heavy (non-hydrogen) atoms. The second-order valence-corrected chi connectivity index (χ2v) is 5.61. The number of nitrogens with one attached hydrogen (secondary N) is 2. The Bertz CT molecular complexity index is 574. The van der Waals surface area contributed by atoms with Crippen molar-refractivity contribution < 1.29 is 19.4 Å². The van der Waals surface area contributed by atoms with Gasteiger partial charge in [0.2, 0.25) is 0 Å². The van der Waals surface area contributed by atoms with E-state index in [1.165, 1.54) is 14.0 Å². The van der Waals surface area contributed by atoms with Crippen LogP contribution >= 0.6 is 11.6 Å². The molecular weight excluding hydrogens is 296 g/mol. The molecule has 1 atom stereocenters. The molecule has 1 aliphatic rings. The monoisotopic (exact) mass is 312 g/mol. The first-order chi connectivity index (χ1) is 9.86. The van der Waals surface area contributed by atoms with Crippen LogP contribution in [0.15, 0.2) is 18.2 Å². The SMILES string of the molecule is COc1ccc(Cl)c(NC(=O)NC(C)(C(=O)O)C2CC2)c1. The Hall–Kier alpha value is -1.95. The van der Waals surface area contributed by atoms with Crippen LogP contribution in [-0.4, -0.2) is 29.8 Å². The fraction of sp³-hybridized carbons (Fsp3) is 0.429. The number of amides is 2. The van der Waals surface area contributed by atoms with Crippen LogP contribution in [0.3, 0.4) is 0 Å². The number of halogens is 1. The predicted molar refractivity (Wildman–Crippen MR) is 78.9 cm³/mol. The number of hydrogen-bond donors (Lipinski definition) is 3. The molecule has 1 saturated carbocycles. The molecule has 0 spiro atoms. The second kappa shape index (κ2) is 5.81. The second-order valence-electron chi connectivity index (χ2n) is 5.21. The van der Waals surface area contributed by atoms with Crippen LogP contribution in [0.25, 0.3) is 0 Å². The van der Waals surface area contributed by atoms with Crippen molar-refractivity contribution in [2.75, 3.05) is 12.4 Å². The number of carboxylic acid groups (broad SMARTS) is 1. The summed E-state index contributed by atoms with van der Waals surface area (Å²) in [6.45, 7) is 1.51. The van der Waals surface area contributed by atoms with Crippen molar-refractivity contribution in [3.05, 3.63) is 23.2 Å². The van der Waals surface area contributed by atoms with E-state index >= 15 is 0 Å². The van der Waals surface area contributed by atoms with Crippen molar-refractivity contribution in [2.45, 2.75) is 25.3 Å². The third kappa shape index (κ3) is 3.39. The van der Waals surface area contributed by atoms with Crippen LogP contribution in [-0.2, 0) is 4.79 Å². The molecule has 6 nitrogen and oxygen atoms in total. The van der Waals surface area contributed by atoms with Crippen molar-refractivity contribution in [1.29, 1.82) is 0 Å². The molecule has 2 amide bonds. The Balaban J connectivity index is 2.09. The van der Waals surface area contributed by atoms with Gasteiger partial charge in [0.15, 0.2) is 0 Å². The van der Waals surface area contributed by atoms with Crippen LogP contribution in [0.1, 0.15) is 19.8 Å². The van der Waals surface area contributed by atoms with E-state index < -0.39 is 17.5 Å². The number of anilines is 1. The van der Waals surface area contributed by atoms with Crippen LogP contribution in [0.4, 0.5) is 10.5 Å². The summed E-state index contributed by atoms with van der Waals surface area (Å²) in [6.07, 6.45) is 1.59. The number of urea groups is 1. The van der Waals surface area contributed by atoms with Crippen molar-refractivity contribution in [3.8, 4) is 5.75 Å². The summed E-state index contributed by atoms with van der Waals surface area (Å²) in [6, 6.07) is 4.21. The van der Waals surface area contributed by atoms with E-state index in [9.17, 15) is 14.7 Å². The van der Waals surface area contributed by atoms with Gasteiger partial charge in [0, 0.05) is 6.07 Å². The Kier molecular flexibility index (Phi) is 4.27. The summed E-state index contributed by atoms with van der Waals surface area (Å²) < 4.78 is 5.05. The highest BCUT2D eigenvalue weighted by Gasteiger charge is 2.48. The first-order valence-corrected chi connectivity index (χ1v) is 6.90. The minimum Gasteiger partial charge on any atom is -0.497 e. The summed E-state index contributed by atoms with van der Waals surface area (Å²) in [4.78, 5) is 23.4. The minimum atomic E-state index is -1.27. The molecule has 1 aliphatic carbocycles. The summed E-state index contributed by atoms with van der Waals surface area (Å²) in [7, 11) is 1.50. The maximum atomic E-state index is 12.0. The number of carbonyl (C=O) groups is 2. The molecule has 0 aromatic heterocycles. The number of carboxylic acids is 1. The van der Waals surface area contributed by atoms with Gasteiger partial charge in [-0.2, -0.15) is 0 Å². The zero-order valence-corrected chi connectivity index (χ0v) is 12.5. The van der Waals surface area contributed by atoms with Crippen LogP contribution < -0.4 is 15.4 Å². The topological polar surface area (TPSA) is 87.7 Å². The Morgan fingerprint density at radius 2 is 2.10 bits per heavy atom. The maximum Gasteiger partial charge on any atom is 0.329 e. The minimum absolute atomic E-state index is 0.0402. The van der Waals surface area contributed by atoms with E-state index in [1.54, 1.807) is 18.2 Å². The molecular formula is C14H17ClN2O4. The van der Waals surface area contributed by atoms with Gasteiger partial charge >= 0.3 is 12.0 Å². The van der Waals surface area contributed by atoms with E-state index in [2.05, 4.69) is 10.6 Å². The highest BCUT2D eigenvalue weighted by Crippen LogP contribution is 2.39. The molecule has 1 fully saturated rings. The van der Waals surface area contributed by atoms with Crippen LogP contribution in [0, 0.1) is 5.92 Å². The fourth-order valence-electron chi connectivity index (χ4n) is 2.11. The largest absolute Gasteiger partial charge is 0.497 e. The average Bonchev–Trinajstić information content (AvgIpc) is 3.25. The van der Waals surface area contributed by atoms with Crippen molar-refractivity contribution in [1.82, 2.24) is 5.32 Å². The van der Waals surface area contributed by atoms with Gasteiger partial charge in [-0.15, -0.1) is 0 Å². The van der Waals surface area contributed by atoms with Gasteiger partial charge in [0.05, 0.1) is 17.8 Å². The summed E-state index contributed by atoms with van der Waals surface area (Å²) in [5.74, 6) is -0.545. The number of rotatable bonds is 5. The van der Waals surface area contributed by atoms with Gasteiger partial charge in [-0.1, -0.05) is 11.6 Å². The Labute approximate surface area is 127 Å². The molecule has 0 aliphatic heterocycles. The van der Waals surface area contributed by atoms with E-state index in [4.69, 9.17) is 16.3 Å². The number of hydrogen-bond acceptors (Lipinski definition) is 3. The molecule has 114 valence electrons. The van der Waals surface area contributed by atoms with E-state index in [0.29, 0.717) is 16.5 Å². The molecule has 0 radical (unpaired) electrons. The third-order valence-electron chi connectivity index (χ3n) is 3.63. The lowest BCUT2D eigenvalue weighted by molar-refractivity contribution is -0.144. The van der Waals surface area contributed by atoms with Gasteiger partial charge in [-0.25, -0.2) is 9.59 Å². The van der Waals surface area contributed by atoms with Crippen molar-refractivity contribution >= 4 is 29.3 Å². The van der Waals surface area contributed by atoms with Gasteiger partial charge in [-0.05, 0) is 37.8 Å². The van der Waals surface area contributed by atoms with Crippen LogP contribution in [0.2, 0.25) is 5.02 Å². The molecule has 1 aromatic carbocycles.